The molecular weight excluding hydrogens is 208 g/mol. The predicted molar refractivity (Wildman–Crippen MR) is 74.7 cm³/mol. The van der Waals surface area contributed by atoms with Crippen molar-refractivity contribution in [2.75, 3.05) is 31.1 Å². The van der Waals surface area contributed by atoms with Gasteiger partial charge in [-0.1, -0.05) is 26.0 Å². The maximum absolute atomic E-state index is 3.44. The molecule has 1 N–H and O–H groups in total. The quantitative estimate of drug-likeness (QED) is 0.862. The Morgan fingerprint density at radius 2 is 1.88 bits per heavy atom. The van der Waals surface area contributed by atoms with Crippen molar-refractivity contribution in [3.05, 3.63) is 29.8 Å². The lowest BCUT2D eigenvalue weighted by Gasteiger charge is -2.22. The highest BCUT2D eigenvalue weighted by Gasteiger charge is 2.09. The van der Waals surface area contributed by atoms with E-state index in [0.717, 1.165) is 25.6 Å². The molecule has 1 aliphatic rings. The van der Waals surface area contributed by atoms with Crippen LogP contribution in [0.2, 0.25) is 0 Å². The lowest BCUT2D eigenvalue weighted by Crippen LogP contribution is -2.27. The van der Waals surface area contributed by atoms with Crippen molar-refractivity contribution < 1.29 is 0 Å². The number of hydrogen-bond donors (Lipinski definition) is 1. The highest BCUT2D eigenvalue weighted by Crippen LogP contribution is 2.17. The van der Waals surface area contributed by atoms with Crippen LogP contribution in [0.5, 0.6) is 0 Å². The third kappa shape index (κ3) is 3.74. The van der Waals surface area contributed by atoms with Crippen molar-refractivity contribution >= 4 is 5.69 Å². The lowest BCUT2D eigenvalue weighted by molar-refractivity contribution is 0.647. The molecule has 0 saturated carbocycles. The summed E-state index contributed by atoms with van der Waals surface area (Å²) in [7, 11) is 0. The van der Waals surface area contributed by atoms with Gasteiger partial charge in [0.15, 0.2) is 0 Å². The second-order valence-corrected chi connectivity index (χ2v) is 5.36. The highest BCUT2D eigenvalue weighted by molar-refractivity contribution is 5.47. The van der Waals surface area contributed by atoms with E-state index >= 15 is 0 Å². The molecule has 0 aliphatic carbocycles. The van der Waals surface area contributed by atoms with Crippen molar-refractivity contribution in [3.63, 3.8) is 0 Å². The van der Waals surface area contributed by atoms with Gasteiger partial charge in [0.1, 0.15) is 0 Å². The lowest BCUT2D eigenvalue weighted by atomic mass is 10.0. The summed E-state index contributed by atoms with van der Waals surface area (Å²) < 4.78 is 0. The average Bonchev–Trinajstić information content (AvgIpc) is 2.58. The molecule has 2 heteroatoms. The van der Waals surface area contributed by atoms with Crippen LogP contribution in [-0.4, -0.2) is 26.2 Å². The van der Waals surface area contributed by atoms with Gasteiger partial charge in [0.05, 0.1) is 0 Å². The molecule has 17 heavy (non-hydrogen) atoms. The van der Waals surface area contributed by atoms with Gasteiger partial charge in [0, 0.05) is 25.3 Å². The molecular formula is C15H24N2. The zero-order valence-electron chi connectivity index (χ0n) is 11.1. The van der Waals surface area contributed by atoms with Crippen molar-refractivity contribution in [3.8, 4) is 0 Å². The van der Waals surface area contributed by atoms with Gasteiger partial charge in [-0.2, -0.15) is 0 Å². The smallest absolute Gasteiger partial charge is 0.0366 e. The maximum atomic E-state index is 3.44. The van der Waals surface area contributed by atoms with Crippen LogP contribution in [-0.2, 0) is 6.42 Å². The fourth-order valence-electron chi connectivity index (χ4n) is 2.42. The zero-order valence-corrected chi connectivity index (χ0v) is 11.1. The van der Waals surface area contributed by atoms with E-state index in [4.69, 9.17) is 0 Å². The summed E-state index contributed by atoms with van der Waals surface area (Å²) in [5.74, 6) is 0.739. The Morgan fingerprint density at radius 1 is 1.12 bits per heavy atom. The molecule has 1 saturated heterocycles. The summed E-state index contributed by atoms with van der Waals surface area (Å²) in [5, 5.41) is 3.44. The summed E-state index contributed by atoms with van der Waals surface area (Å²) in [6, 6.07) is 9.13. The first-order valence-electron chi connectivity index (χ1n) is 6.80. The summed E-state index contributed by atoms with van der Waals surface area (Å²) in [4.78, 5) is 2.49. The van der Waals surface area contributed by atoms with Gasteiger partial charge in [-0.25, -0.2) is 0 Å². The van der Waals surface area contributed by atoms with E-state index in [9.17, 15) is 0 Å². The summed E-state index contributed by atoms with van der Waals surface area (Å²) >= 11 is 0. The molecule has 0 unspecified atom stereocenters. The average molecular weight is 232 g/mol. The molecule has 2 nitrogen and oxygen atoms in total. The Kier molecular flexibility index (Phi) is 4.43. The van der Waals surface area contributed by atoms with Gasteiger partial charge in [-0.05, 0) is 43.0 Å². The van der Waals surface area contributed by atoms with Crippen LogP contribution in [0.1, 0.15) is 25.8 Å². The van der Waals surface area contributed by atoms with E-state index < -0.39 is 0 Å². The molecule has 0 amide bonds. The van der Waals surface area contributed by atoms with Crippen LogP contribution < -0.4 is 10.2 Å². The molecule has 1 aliphatic heterocycles. The largest absolute Gasteiger partial charge is 0.370 e. The Bertz CT molecular complexity index is 321. The van der Waals surface area contributed by atoms with Crippen molar-refractivity contribution in [2.45, 2.75) is 26.7 Å². The van der Waals surface area contributed by atoms with Crippen LogP contribution >= 0.6 is 0 Å². The van der Waals surface area contributed by atoms with E-state index in [1.165, 1.54) is 30.6 Å². The van der Waals surface area contributed by atoms with Crippen LogP contribution in [0.3, 0.4) is 0 Å². The molecule has 0 atom stereocenters. The van der Waals surface area contributed by atoms with Crippen molar-refractivity contribution in [1.82, 2.24) is 5.32 Å². The minimum atomic E-state index is 0.739. The normalized spacial score (nSPS) is 17.2. The summed E-state index contributed by atoms with van der Waals surface area (Å²) in [5.41, 5.74) is 2.83. The van der Waals surface area contributed by atoms with Crippen molar-refractivity contribution in [1.29, 1.82) is 0 Å². The summed E-state index contributed by atoms with van der Waals surface area (Å²) in [6.45, 7) is 9.11. The molecule has 1 heterocycles. The Balaban J connectivity index is 2.00. The third-order valence-electron chi connectivity index (χ3n) is 3.29. The topological polar surface area (TPSA) is 15.3 Å². The first-order chi connectivity index (χ1) is 8.25. The van der Waals surface area contributed by atoms with Crippen LogP contribution in [0.15, 0.2) is 24.3 Å². The minimum absolute atomic E-state index is 0.739. The van der Waals surface area contributed by atoms with E-state index in [0.29, 0.717) is 0 Å². The SMILES string of the molecule is CC(C)Cc1ccc(N2CCCNCC2)cc1. The van der Waals surface area contributed by atoms with E-state index in [1.54, 1.807) is 0 Å². The number of rotatable bonds is 3. The molecule has 94 valence electrons. The second-order valence-electron chi connectivity index (χ2n) is 5.36. The molecule has 0 bridgehead atoms. The number of benzene rings is 1. The van der Waals surface area contributed by atoms with Gasteiger partial charge in [-0.3, -0.25) is 0 Å². The maximum Gasteiger partial charge on any atom is 0.0366 e. The standard InChI is InChI=1S/C15H24N2/c1-13(2)12-14-4-6-15(7-5-14)17-10-3-8-16-9-11-17/h4-7,13,16H,3,8-12H2,1-2H3. The van der Waals surface area contributed by atoms with Crippen LogP contribution in [0.4, 0.5) is 5.69 Å². The van der Waals surface area contributed by atoms with Gasteiger partial charge in [0.25, 0.3) is 0 Å². The van der Waals surface area contributed by atoms with Gasteiger partial charge in [0.2, 0.25) is 0 Å². The molecule has 1 aromatic rings. The number of nitrogens with zero attached hydrogens (tertiary/aromatic N) is 1. The molecule has 0 spiro atoms. The number of anilines is 1. The molecule has 0 radical (unpaired) electrons. The number of nitrogens with one attached hydrogen (secondary N) is 1. The molecule has 1 fully saturated rings. The first-order valence-corrected chi connectivity index (χ1v) is 6.80. The fraction of sp³-hybridized carbons (Fsp3) is 0.600. The predicted octanol–water partition coefficient (Wildman–Crippen LogP) is 2.68. The summed E-state index contributed by atoms with van der Waals surface area (Å²) in [6.07, 6.45) is 2.43. The van der Waals surface area contributed by atoms with E-state index in [2.05, 4.69) is 48.3 Å². The highest BCUT2D eigenvalue weighted by atomic mass is 15.2. The van der Waals surface area contributed by atoms with E-state index in [1.807, 2.05) is 0 Å². The fourth-order valence-corrected chi connectivity index (χ4v) is 2.42. The Labute approximate surface area is 105 Å². The molecule has 2 rings (SSSR count). The number of hydrogen-bond acceptors (Lipinski definition) is 2. The first kappa shape index (κ1) is 12.4. The minimum Gasteiger partial charge on any atom is -0.370 e. The van der Waals surface area contributed by atoms with E-state index in [-0.39, 0.29) is 0 Å². The van der Waals surface area contributed by atoms with Gasteiger partial charge < -0.3 is 10.2 Å². The monoisotopic (exact) mass is 232 g/mol. The van der Waals surface area contributed by atoms with Crippen molar-refractivity contribution in [2.24, 2.45) is 5.92 Å². The third-order valence-corrected chi connectivity index (χ3v) is 3.29. The van der Waals surface area contributed by atoms with Gasteiger partial charge in [-0.15, -0.1) is 0 Å². The Morgan fingerprint density at radius 3 is 2.59 bits per heavy atom. The van der Waals surface area contributed by atoms with Gasteiger partial charge >= 0.3 is 0 Å². The van der Waals surface area contributed by atoms with Crippen LogP contribution in [0, 0.1) is 5.92 Å². The zero-order chi connectivity index (χ0) is 12.1. The Hall–Kier alpha value is -1.02. The molecule has 1 aromatic carbocycles. The molecule has 0 aromatic heterocycles. The second kappa shape index (κ2) is 6.06. The van der Waals surface area contributed by atoms with Crippen LogP contribution in [0.25, 0.3) is 0 Å².